The van der Waals surface area contributed by atoms with Crippen LogP contribution in [0.1, 0.15) is 40.9 Å². The Labute approximate surface area is 172 Å². The van der Waals surface area contributed by atoms with Gasteiger partial charge in [0.05, 0.1) is 12.1 Å². The summed E-state index contributed by atoms with van der Waals surface area (Å²) < 4.78 is 29.6. The lowest BCUT2D eigenvalue weighted by atomic mass is 10.1. The molecule has 160 valence electrons. The van der Waals surface area contributed by atoms with E-state index in [2.05, 4.69) is 15.3 Å². The number of anilines is 1. The van der Waals surface area contributed by atoms with Gasteiger partial charge in [-0.05, 0) is 38.5 Å². The quantitative estimate of drug-likeness (QED) is 0.712. The molecule has 0 saturated heterocycles. The normalized spacial score (nSPS) is 13.6. The van der Waals surface area contributed by atoms with E-state index in [1.165, 1.54) is 12.4 Å². The Bertz CT molecular complexity index is 975. The minimum absolute atomic E-state index is 0.133. The zero-order chi connectivity index (χ0) is 22.1. The smallest absolute Gasteiger partial charge is 0.272 e. The van der Waals surface area contributed by atoms with E-state index in [0.717, 1.165) is 5.56 Å². The highest BCUT2D eigenvalue weighted by Crippen LogP contribution is 2.29. The van der Waals surface area contributed by atoms with E-state index in [9.17, 15) is 18.4 Å². The molecule has 0 saturated carbocycles. The zero-order valence-electron chi connectivity index (χ0n) is 16.9. The Hall–Kier alpha value is -3.14. The number of nitrogens with one attached hydrogen (secondary N) is 1. The molecule has 2 aromatic rings. The van der Waals surface area contributed by atoms with Crippen LogP contribution in [0.3, 0.4) is 0 Å². The molecule has 3 heterocycles. The summed E-state index contributed by atoms with van der Waals surface area (Å²) in [6.45, 7) is 4.63. The molecule has 3 N–H and O–H groups in total. The first kappa shape index (κ1) is 21.6. The van der Waals surface area contributed by atoms with Gasteiger partial charge < -0.3 is 20.7 Å². The number of ether oxygens (including phenoxy) is 1. The predicted octanol–water partition coefficient (Wildman–Crippen LogP) is 2.26. The lowest BCUT2D eigenvalue weighted by Gasteiger charge is -2.19. The van der Waals surface area contributed by atoms with E-state index in [-0.39, 0.29) is 24.9 Å². The number of carbonyl (C=O) groups excluding carboxylic acids is 2. The van der Waals surface area contributed by atoms with Crippen LogP contribution >= 0.6 is 0 Å². The van der Waals surface area contributed by atoms with Crippen LogP contribution in [0.4, 0.5) is 14.6 Å². The number of fused-ring (bicyclic) bond motifs is 1. The molecule has 1 aliphatic heterocycles. The fraction of sp³-hybridized carbons (Fsp3) is 0.400. The molecule has 30 heavy (non-hydrogen) atoms. The van der Waals surface area contributed by atoms with Crippen molar-refractivity contribution < 1.29 is 23.1 Å². The minimum Gasteiger partial charge on any atom is -0.471 e. The van der Waals surface area contributed by atoms with Gasteiger partial charge in [0.15, 0.2) is 6.61 Å². The number of halogens is 2. The Morgan fingerprint density at radius 3 is 2.77 bits per heavy atom. The lowest BCUT2D eigenvalue weighted by molar-refractivity contribution is -0.120. The molecule has 3 rings (SSSR count). The van der Waals surface area contributed by atoms with E-state index in [4.69, 9.17) is 10.5 Å². The molecule has 0 radical (unpaired) electrons. The number of pyridine rings is 2. The van der Waals surface area contributed by atoms with Crippen LogP contribution in [0.25, 0.3) is 0 Å². The van der Waals surface area contributed by atoms with Gasteiger partial charge in [0, 0.05) is 35.6 Å². The van der Waals surface area contributed by atoms with Gasteiger partial charge in [0.2, 0.25) is 11.8 Å². The molecule has 2 aromatic heterocycles. The Morgan fingerprint density at radius 1 is 1.40 bits per heavy atom. The number of amides is 2. The topological polar surface area (TPSA) is 110 Å². The van der Waals surface area contributed by atoms with E-state index < -0.39 is 24.5 Å². The highest BCUT2D eigenvalue weighted by atomic mass is 19.3. The summed E-state index contributed by atoms with van der Waals surface area (Å²) in [5.74, 6) is -0.176. The summed E-state index contributed by atoms with van der Waals surface area (Å²) in [7, 11) is 0. The van der Waals surface area contributed by atoms with Gasteiger partial charge in [-0.3, -0.25) is 9.59 Å². The number of rotatable bonds is 7. The number of nitrogens with two attached hydrogens (primary N) is 1. The molecule has 1 aliphatic rings. The van der Waals surface area contributed by atoms with Crippen molar-refractivity contribution in [1.82, 2.24) is 14.9 Å². The standard InChI is InChI=1S/C20H23F2N5O3/c1-11-6-12(7-25-17(11)30-10-15(21)22)8-27-9-14-13(18(27)28)4-5-24-16(14)26-19(29)20(2,3)23/h4-7,15H,8-10,23H2,1-3H3,(H,24,26,29). The van der Waals surface area contributed by atoms with Crippen LogP contribution in [0.15, 0.2) is 24.5 Å². The SMILES string of the molecule is Cc1cc(CN2Cc3c(ccnc3NC(=O)C(C)(C)N)C2=O)cnc1OCC(F)F. The van der Waals surface area contributed by atoms with E-state index in [0.29, 0.717) is 22.5 Å². The predicted molar refractivity (Wildman–Crippen MR) is 105 cm³/mol. The minimum atomic E-state index is -2.58. The molecule has 10 heteroatoms. The van der Waals surface area contributed by atoms with E-state index >= 15 is 0 Å². The molecule has 2 amide bonds. The third-order valence-corrected chi connectivity index (χ3v) is 4.55. The van der Waals surface area contributed by atoms with Crippen molar-refractivity contribution in [3.63, 3.8) is 0 Å². The second-order valence-electron chi connectivity index (χ2n) is 7.69. The van der Waals surface area contributed by atoms with Gasteiger partial charge in [-0.2, -0.15) is 0 Å². The van der Waals surface area contributed by atoms with Crippen LogP contribution in [0.5, 0.6) is 5.88 Å². The summed E-state index contributed by atoms with van der Waals surface area (Å²) in [5, 5.41) is 2.68. The third kappa shape index (κ3) is 4.70. The van der Waals surface area contributed by atoms with Gasteiger partial charge in [-0.25, -0.2) is 18.7 Å². The van der Waals surface area contributed by atoms with Gasteiger partial charge in [0.25, 0.3) is 12.3 Å². The molecule has 0 aromatic carbocycles. The van der Waals surface area contributed by atoms with Crippen molar-refractivity contribution in [3.05, 3.63) is 46.8 Å². The molecule has 0 bridgehead atoms. The Kier molecular flexibility index (Phi) is 5.97. The molecular weight excluding hydrogens is 396 g/mol. The number of alkyl halides is 2. The fourth-order valence-corrected chi connectivity index (χ4v) is 3.01. The number of hydrogen-bond donors (Lipinski definition) is 2. The van der Waals surface area contributed by atoms with Crippen molar-refractivity contribution in [2.45, 2.75) is 45.8 Å². The number of carbonyl (C=O) groups is 2. The molecule has 0 fully saturated rings. The number of nitrogens with zero attached hydrogens (tertiary/aromatic N) is 3. The maximum atomic E-state index is 12.8. The monoisotopic (exact) mass is 419 g/mol. The zero-order valence-corrected chi connectivity index (χ0v) is 16.9. The summed E-state index contributed by atoms with van der Waals surface area (Å²) >= 11 is 0. The summed E-state index contributed by atoms with van der Waals surface area (Å²) in [4.78, 5) is 34.9. The van der Waals surface area contributed by atoms with Gasteiger partial charge >= 0.3 is 0 Å². The number of aryl methyl sites for hydroxylation is 1. The Balaban J connectivity index is 1.75. The van der Waals surface area contributed by atoms with Crippen LogP contribution in [-0.4, -0.2) is 45.3 Å². The molecule has 0 atom stereocenters. The first-order valence-electron chi connectivity index (χ1n) is 9.30. The van der Waals surface area contributed by atoms with Crippen LogP contribution in [-0.2, 0) is 17.9 Å². The maximum absolute atomic E-state index is 12.8. The van der Waals surface area contributed by atoms with Gasteiger partial charge in [-0.15, -0.1) is 0 Å². The van der Waals surface area contributed by atoms with Crippen molar-refractivity contribution in [2.75, 3.05) is 11.9 Å². The highest BCUT2D eigenvalue weighted by molar-refractivity contribution is 6.02. The molecule has 8 nitrogen and oxygen atoms in total. The first-order chi connectivity index (χ1) is 14.1. The molecule has 0 spiro atoms. The average molecular weight is 419 g/mol. The Morgan fingerprint density at radius 2 is 2.13 bits per heavy atom. The van der Waals surface area contributed by atoms with Crippen LogP contribution in [0, 0.1) is 6.92 Å². The van der Waals surface area contributed by atoms with Crippen molar-refractivity contribution in [2.24, 2.45) is 5.73 Å². The van der Waals surface area contributed by atoms with E-state index in [1.807, 2.05) is 0 Å². The number of aromatic nitrogens is 2. The van der Waals surface area contributed by atoms with Crippen LogP contribution in [0.2, 0.25) is 0 Å². The second-order valence-corrected chi connectivity index (χ2v) is 7.69. The van der Waals surface area contributed by atoms with Gasteiger partial charge in [0.1, 0.15) is 5.82 Å². The van der Waals surface area contributed by atoms with E-state index in [1.54, 1.807) is 37.8 Å². The van der Waals surface area contributed by atoms with Crippen molar-refractivity contribution in [1.29, 1.82) is 0 Å². The largest absolute Gasteiger partial charge is 0.471 e. The average Bonchev–Trinajstić information content (AvgIpc) is 2.97. The van der Waals surface area contributed by atoms with Crippen molar-refractivity contribution >= 4 is 17.6 Å². The van der Waals surface area contributed by atoms with Crippen molar-refractivity contribution in [3.8, 4) is 5.88 Å². The molecular formula is C20H23F2N5O3. The number of hydrogen-bond acceptors (Lipinski definition) is 6. The first-order valence-corrected chi connectivity index (χ1v) is 9.30. The second kappa shape index (κ2) is 8.31. The highest BCUT2D eigenvalue weighted by Gasteiger charge is 2.32. The van der Waals surface area contributed by atoms with Gasteiger partial charge in [-0.1, -0.05) is 0 Å². The maximum Gasteiger partial charge on any atom is 0.272 e. The molecule has 0 aliphatic carbocycles. The summed E-state index contributed by atoms with van der Waals surface area (Å²) in [5.41, 5.74) is 7.11. The summed E-state index contributed by atoms with van der Waals surface area (Å²) in [6, 6.07) is 3.34. The molecule has 0 unspecified atom stereocenters. The van der Waals surface area contributed by atoms with Crippen LogP contribution < -0.4 is 15.8 Å². The summed E-state index contributed by atoms with van der Waals surface area (Å²) in [6.07, 6.45) is 0.363. The third-order valence-electron chi connectivity index (χ3n) is 4.55. The fourth-order valence-electron chi connectivity index (χ4n) is 3.01. The lowest BCUT2D eigenvalue weighted by Crippen LogP contribution is -2.45.